The predicted molar refractivity (Wildman–Crippen MR) is 81.7 cm³/mol. The summed E-state index contributed by atoms with van der Waals surface area (Å²) >= 11 is 0. The lowest BCUT2D eigenvalue weighted by Crippen LogP contribution is -2.37. The summed E-state index contributed by atoms with van der Waals surface area (Å²) in [6.45, 7) is 4.91. The van der Waals surface area contributed by atoms with Gasteiger partial charge in [-0.2, -0.15) is 0 Å². The van der Waals surface area contributed by atoms with Crippen LogP contribution in [-0.4, -0.2) is 62.5 Å². The van der Waals surface area contributed by atoms with Crippen molar-refractivity contribution in [2.45, 2.75) is 6.42 Å². The first-order valence-corrected chi connectivity index (χ1v) is 7.25. The molecule has 1 fully saturated rings. The van der Waals surface area contributed by atoms with Crippen molar-refractivity contribution < 1.29 is 24.1 Å². The molecule has 7 nitrogen and oxygen atoms in total. The summed E-state index contributed by atoms with van der Waals surface area (Å²) in [7, 11) is 1.47. The maximum absolute atomic E-state index is 11.0. The van der Waals surface area contributed by atoms with E-state index in [1.165, 1.54) is 19.2 Å². The van der Waals surface area contributed by atoms with Crippen LogP contribution in [0.15, 0.2) is 12.1 Å². The van der Waals surface area contributed by atoms with Crippen LogP contribution in [0.25, 0.3) is 0 Å². The molecule has 0 amide bonds. The van der Waals surface area contributed by atoms with Crippen molar-refractivity contribution in [3.63, 3.8) is 0 Å². The molecule has 0 aliphatic carbocycles. The topological polar surface area (TPSA) is 94.2 Å². The van der Waals surface area contributed by atoms with E-state index in [1.54, 1.807) is 0 Å². The molecule has 0 atom stereocenters. The number of carboxylic acids is 1. The summed E-state index contributed by atoms with van der Waals surface area (Å²) in [4.78, 5) is 13.4. The van der Waals surface area contributed by atoms with E-state index in [9.17, 15) is 4.79 Å². The molecule has 22 heavy (non-hydrogen) atoms. The number of ether oxygens (including phenoxy) is 3. The first-order valence-electron chi connectivity index (χ1n) is 7.25. The zero-order valence-electron chi connectivity index (χ0n) is 12.7. The Balaban J connectivity index is 1.88. The fourth-order valence-electron chi connectivity index (χ4n) is 2.33. The van der Waals surface area contributed by atoms with Crippen LogP contribution < -0.4 is 15.2 Å². The van der Waals surface area contributed by atoms with Crippen LogP contribution in [0.3, 0.4) is 0 Å². The minimum atomic E-state index is -1.09. The molecule has 1 aromatic rings. The van der Waals surface area contributed by atoms with E-state index >= 15 is 0 Å². The van der Waals surface area contributed by atoms with Crippen molar-refractivity contribution in [3.8, 4) is 11.5 Å². The Bertz CT molecular complexity index is 515. The standard InChI is InChI=1S/C15H22N2O5/c1-20-13-9-11(15(18)19)12(16)10-14(13)22-6-2-3-17-4-7-21-8-5-17/h9-10H,2-8,16H2,1H3,(H,18,19). The second-order valence-electron chi connectivity index (χ2n) is 5.05. The van der Waals surface area contributed by atoms with Gasteiger partial charge in [0, 0.05) is 31.8 Å². The number of nitrogens with two attached hydrogens (primary N) is 1. The molecule has 7 heteroatoms. The third kappa shape index (κ3) is 4.25. The fraction of sp³-hybridized carbons (Fsp3) is 0.533. The smallest absolute Gasteiger partial charge is 0.337 e. The lowest BCUT2D eigenvalue weighted by atomic mass is 10.1. The van der Waals surface area contributed by atoms with Gasteiger partial charge in [0.05, 0.1) is 38.2 Å². The molecule has 0 unspecified atom stereocenters. The van der Waals surface area contributed by atoms with Crippen LogP contribution in [0.1, 0.15) is 16.8 Å². The largest absolute Gasteiger partial charge is 0.493 e. The van der Waals surface area contributed by atoms with E-state index in [-0.39, 0.29) is 11.3 Å². The van der Waals surface area contributed by atoms with Gasteiger partial charge in [-0.05, 0) is 6.42 Å². The van der Waals surface area contributed by atoms with Crippen molar-refractivity contribution in [3.05, 3.63) is 17.7 Å². The highest BCUT2D eigenvalue weighted by Gasteiger charge is 2.15. The number of hydrogen-bond donors (Lipinski definition) is 2. The van der Waals surface area contributed by atoms with Crippen LogP contribution in [-0.2, 0) is 4.74 Å². The molecule has 1 aliphatic rings. The third-order valence-electron chi connectivity index (χ3n) is 3.55. The number of carboxylic acid groups (broad SMARTS) is 1. The lowest BCUT2D eigenvalue weighted by Gasteiger charge is -2.26. The van der Waals surface area contributed by atoms with Crippen LogP contribution in [0, 0.1) is 0 Å². The molecule has 122 valence electrons. The molecule has 1 aliphatic heterocycles. The Morgan fingerprint density at radius 1 is 1.36 bits per heavy atom. The predicted octanol–water partition coefficient (Wildman–Crippen LogP) is 1.08. The molecule has 0 radical (unpaired) electrons. The Hall–Kier alpha value is -1.99. The lowest BCUT2D eigenvalue weighted by molar-refractivity contribution is 0.0357. The highest BCUT2D eigenvalue weighted by atomic mass is 16.5. The van der Waals surface area contributed by atoms with E-state index < -0.39 is 5.97 Å². The van der Waals surface area contributed by atoms with Gasteiger partial charge in [0.15, 0.2) is 11.5 Å². The van der Waals surface area contributed by atoms with E-state index in [4.69, 9.17) is 25.1 Å². The zero-order chi connectivity index (χ0) is 15.9. The van der Waals surface area contributed by atoms with Crippen LogP contribution in [0.2, 0.25) is 0 Å². The average Bonchev–Trinajstić information content (AvgIpc) is 2.52. The van der Waals surface area contributed by atoms with Gasteiger partial charge in [-0.25, -0.2) is 4.79 Å². The van der Waals surface area contributed by atoms with Gasteiger partial charge in [0.25, 0.3) is 0 Å². The average molecular weight is 310 g/mol. The van der Waals surface area contributed by atoms with Gasteiger partial charge >= 0.3 is 5.97 Å². The monoisotopic (exact) mass is 310 g/mol. The van der Waals surface area contributed by atoms with E-state index in [1.807, 2.05) is 0 Å². The van der Waals surface area contributed by atoms with Gasteiger partial charge in [0.1, 0.15) is 0 Å². The summed E-state index contributed by atoms with van der Waals surface area (Å²) < 4.78 is 16.1. The summed E-state index contributed by atoms with van der Waals surface area (Å²) in [5.41, 5.74) is 5.90. The number of hydrogen-bond acceptors (Lipinski definition) is 6. The first-order chi connectivity index (χ1) is 10.6. The maximum Gasteiger partial charge on any atom is 0.337 e. The number of morpholine rings is 1. The molecular weight excluding hydrogens is 288 g/mol. The van der Waals surface area contributed by atoms with E-state index in [0.717, 1.165) is 39.3 Å². The van der Waals surface area contributed by atoms with Crippen LogP contribution in [0.4, 0.5) is 5.69 Å². The number of carbonyl (C=O) groups is 1. The second kappa shape index (κ2) is 7.86. The van der Waals surface area contributed by atoms with E-state index in [2.05, 4.69) is 4.90 Å². The minimum absolute atomic E-state index is 0.0116. The van der Waals surface area contributed by atoms with Crippen molar-refractivity contribution >= 4 is 11.7 Å². The second-order valence-corrected chi connectivity index (χ2v) is 5.05. The Morgan fingerprint density at radius 2 is 2.09 bits per heavy atom. The van der Waals surface area contributed by atoms with Crippen LogP contribution >= 0.6 is 0 Å². The molecular formula is C15H22N2O5. The Morgan fingerprint density at radius 3 is 2.73 bits per heavy atom. The normalized spacial score (nSPS) is 15.5. The fourth-order valence-corrected chi connectivity index (χ4v) is 2.33. The quantitative estimate of drug-likeness (QED) is 0.575. The SMILES string of the molecule is COc1cc(C(=O)O)c(N)cc1OCCCN1CCOCC1. The molecule has 0 saturated carbocycles. The van der Waals surface area contributed by atoms with Gasteiger partial charge in [-0.3, -0.25) is 4.90 Å². The highest BCUT2D eigenvalue weighted by Crippen LogP contribution is 2.32. The molecule has 0 spiro atoms. The number of anilines is 1. The van der Waals surface area contributed by atoms with Crippen molar-refractivity contribution in [1.29, 1.82) is 0 Å². The number of nitrogen functional groups attached to an aromatic ring is 1. The van der Waals surface area contributed by atoms with Gasteiger partial charge in [-0.15, -0.1) is 0 Å². The van der Waals surface area contributed by atoms with Gasteiger partial charge < -0.3 is 25.1 Å². The molecule has 1 heterocycles. The van der Waals surface area contributed by atoms with E-state index in [0.29, 0.717) is 18.1 Å². The Labute approximate surface area is 129 Å². The maximum atomic E-state index is 11.0. The highest BCUT2D eigenvalue weighted by molar-refractivity contribution is 5.94. The molecule has 3 N–H and O–H groups in total. The molecule has 2 rings (SSSR count). The summed E-state index contributed by atoms with van der Waals surface area (Å²) in [6, 6.07) is 2.88. The third-order valence-corrected chi connectivity index (χ3v) is 3.55. The summed E-state index contributed by atoms with van der Waals surface area (Å²) in [5.74, 6) is -0.250. The van der Waals surface area contributed by atoms with Crippen molar-refractivity contribution in [1.82, 2.24) is 4.90 Å². The summed E-state index contributed by atoms with van der Waals surface area (Å²) in [6.07, 6.45) is 0.865. The first kappa shape index (κ1) is 16.4. The number of rotatable bonds is 7. The van der Waals surface area contributed by atoms with Gasteiger partial charge in [-0.1, -0.05) is 0 Å². The number of aromatic carboxylic acids is 1. The van der Waals surface area contributed by atoms with Crippen molar-refractivity contribution in [2.75, 3.05) is 52.3 Å². The summed E-state index contributed by atoms with van der Waals surface area (Å²) in [5, 5.41) is 9.04. The molecule has 1 aromatic carbocycles. The molecule has 0 aromatic heterocycles. The van der Waals surface area contributed by atoms with Gasteiger partial charge in [0.2, 0.25) is 0 Å². The Kier molecular flexibility index (Phi) is 5.85. The molecule has 1 saturated heterocycles. The van der Waals surface area contributed by atoms with Crippen molar-refractivity contribution in [2.24, 2.45) is 0 Å². The minimum Gasteiger partial charge on any atom is -0.493 e. The number of nitrogens with zero attached hydrogens (tertiary/aromatic N) is 1. The zero-order valence-corrected chi connectivity index (χ0v) is 12.7. The number of methoxy groups -OCH3 is 1. The van der Waals surface area contributed by atoms with Crippen LogP contribution in [0.5, 0.6) is 11.5 Å². The number of benzene rings is 1. The molecule has 0 bridgehead atoms.